The number of carboxylic acids is 1. The van der Waals surface area contributed by atoms with Gasteiger partial charge in [0.1, 0.15) is 0 Å². The summed E-state index contributed by atoms with van der Waals surface area (Å²) in [6, 6.07) is 9.92. The van der Waals surface area contributed by atoms with Crippen molar-refractivity contribution in [2.24, 2.45) is 0 Å². The van der Waals surface area contributed by atoms with E-state index >= 15 is 0 Å². The fraction of sp³-hybridized carbons (Fsp3) is 0.500. The molecule has 0 spiro atoms. The molecule has 0 aromatic heterocycles. The van der Waals surface area contributed by atoms with Gasteiger partial charge in [-0.3, -0.25) is 9.63 Å². The molecule has 18 heavy (non-hydrogen) atoms. The molecule has 1 rings (SSSR count). The van der Waals surface area contributed by atoms with E-state index in [9.17, 15) is 4.79 Å². The minimum absolute atomic E-state index is 0.0962. The molecule has 0 aliphatic heterocycles. The monoisotopic (exact) mass is 251 g/mol. The molecule has 0 aliphatic carbocycles. The molecular formula is C14H21NO3. The van der Waals surface area contributed by atoms with Crippen molar-refractivity contribution in [1.82, 2.24) is 5.06 Å². The summed E-state index contributed by atoms with van der Waals surface area (Å²) in [5.74, 6) is -0.799. The first-order valence-electron chi connectivity index (χ1n) is 6.36. The van der Waals surface area contributed by atoms with Crippen LogP contribution in [0, 0.1) is 0 Å². The first-order chi connectivity index (χ1) is 8.72. The molecule has 1 aromatic rings. The third-order valence-electron chi connectivity index (χ3n) is 2.55. The summed E-state index contributed by atoms with van der Waals surface area (Å²) >= 11 is 0. The van der Waals surface area contributed by atoms with Crippen LogP contribution in [0.1, 0.15) is 31.7 Å². The van der Waals surface area contributed by atoms with Crippen molar-refractivity contribution in [2.75, 3.05) is 13.2 Å². The van der Waals surface area contributed by atoms with Crippen LogP contribution in [0.15, 0.2) is 30.3 Å². The van der Waals surface area contributed by atoms with Gasteiger partial charge in [0.25, 0.3) is 0 Å². The number of carboxylic acid groups (broad SMARTS) is 1. The van der Waals surface area contributed by atoms with Gasteiger partial charge >= 0.3 is 5.97 Å². The highest BCUT2D eigenvalue weighted by Gasteiger charge is 2.08. The summed E-state index contributed by atoms with van der Waals surface area (Å²) < 4.78 is 0. The second kappa shape index (κ2) is 8.66. The number of unbranched alkanes of at least 4 members (excludes halogenated alkanes) is 1. The molecule has 0 saturated heterocycles. The number of benzene rings is 1. The molecule has 0 radical (unpaired) electrons. The lowest BCUT2D eigenvalue weighted by Crippen LogP contribution is -2.27. The summed E-state index contributed by atoms with van der Waals surface area (Å²) in [5.41, 5.74) is 1.12. The summed E-state index contributed by atoms with van der Waals surface area (Å²) in [4.78, 5) is 16.2. The summed E-state index contributed by atoms with van der Waals surface area (Å²) in [6.07, 6.45) is 2.15. The quantitative estimate of drug-likeness (QED) is 0.541. The maximum absolute atomic E-state index is 10.6. The smallest absolute Gasteiger partial charge is 0.304 e. The van der Waals surface area contributed by atoms with Crippen molar-refractivity contribution in [3.05, 3.63) is 35.9 Å². The van der Waals surface area contributed by atoms with Gasteiger partial charge in [-0.1, -0.05) is 43.7 Å². The lowest BCUT2D eigenvalue weighted by Gasteiger charge is -2.21. The van der Waals surface area contributed by atoms with Crippen molar-refractivity contribution in [2.45, 2.75) is 32.7 Å². The Kier molecular flexibility index (Phi) is 7.06. The highest BCUT2D eigenvalue weighted by Crippen LogP contribution is 2.06. The van der Waals surface area contributed by atoms with Gasteiger partial charge in [0.15, 0.2) is 0 Å². The number of carbonyl (C=O) groups is 1. The van der Waals surface area contributed by atoms with E-state index in [1.807, 2.05) is 30.3 Å². The van der Waals surface area contributed by atoms with Gasteiger partial charge in [-0.05, 0) is 12.0 Å². The van der Waals surface area contributed by atoms with Crippen molar-refractivity contribution in [1.29, 1.82) is 0 Å². The molecule has 1 aromatic carbocycles. The van der Waals surface area contributed by atoms with E-state index < -0.39 is 5.97 Å². The average molecular weight is 251 g/mol. The minimum atomic E-state index is -0.799. The number of nitrogens with zero attached hydrogens (tertiary/aromatic N) is 1. The van der Waals surface area contributed by atoms with Crippen molar-refractivity contribution >= 4 is 5.97 Å². The molecule has 0 aliphatic rings. The molecule has 4 heteroatoms. The summed E-state index contributed by atoms with van der Waals surface area (Å²) in [7, 11) is 0. The molecule has 0 fully saturated rings. The van der Waals surface area contributed by atoms with Crippen LogP contribution in [0.4, 0.5) is 0 Å². The Bertz CT molecular complexity index is 340. The molecular weight excluding hydrogens is 230 g/mol. The molecule has 100 valence electrons. The summed E-state index contributed by atoms with van der Waals surface area (Å²) in [5, 5.41) is 10.5. The second-order valence-electron chi connectivity index (χ2n) is 4.18. The van der Waals surface area contributed by atoms with Crippen molar-refractivity contribution < 1.29 is 14.7 Å². The summed E-state index contributed by atoms with van der Waals surface area (Å²) in [6.45, 7) is 3.77. The zero-order chi connectivity index (χ0) is 13.2. The Morgan fingerprint density at radius 3 is 2.67 bits per heavy atom. The van der Waals surface area contributed by atoms with Crippen LogP contribution in [-0.4, -0.2) is 29.3 Å². The highest BCUT2D eigenvalue weighted by atomic mass is 16.7. The van der Waals surface area contributed by atoms with Gasteiger partial charge in [0.2, 0.25) is 0 Å². The third-order valence-corrected chi connectivity index (χ3v) is 2.55. The van der Waals surface area contributed by atoms with Crippen LogP contribution in [0.3, 0.4) is 0 Å². The second-order valence-corrected chi connectivity index (χ2v) is 4.18. The zero-order valence-electron chi connectivity index (χ0n) is 10.8. The lowest BCUT2D eigenvalue weighted by atomic mass is 10.2. The van der Waals surface area contributed by atoms with Crippen molar-refractivity contribution in [3.63, 3.8) is 0 Å². The standard InChI is InChI=1S/C14H21NO3/c1-2-3-11-18-15(10-9-14(16)17)12-13-7-5-4-6-8-13/h4-8H,2-3,9-12H2,1H3,(H,16,17). The molecule has 0 atom stereocenters. The number of rotatable bonds is 9. The zero-order valence-corrected chi connectivity index (χ0v) is 10.8. The fourth-order valence-electron chi connectivity index (χ4n) is 1.53. The van der Waals surface area contributed by atoms with Gasteiger partial charge in [0, 0.05) is 13.1 Å². The predicted octanol–water partition coefficient (Wildman–Crippen LogP) is 2.70. The molecule has 1 N–H and O–H groups in total. The number of hydrogen-bond donors (Lipinski definition) is 1. The van der Waals surface area contributed by atoms with Gasteiger partial charge in [-0.15, -0.1) is 0 Å². The molecule has 0 heterocycles. The van der Waals surface area contributed by atoms with Crippen LogP contribution in [0.2, 0.25) is 0 Å². The Balaban J connectivity index is 2.45. The SMILES string of the molecule is CCCCON(CCC(=O)O)Cc1ccccc1. The maximum atomic E-state index is 10.6. The minimum Gasteiger partial charge on any atom is -0.481 e. The molecule has 0 amide bonds. The van der Waals surface area contributed by atoms with E-state index in [1.54, 1.807) is 5.06 Å². The fourth-order valence-corrected chi connectivity index (χ4v) is 1.53. The van der Waals surface area contributed by atoms with Crippen molar-refractivity contribution in [3.8, 4) is 0 Å². The first kappa shape index (κ1) is 14.7. The van der Waals surface area contributed by atoms with Gasteiger partial charge in [-0.2, -0.15) is 5.06 Å². The third kappa shape index (κ3) is 6.37. The number of hydroxylamine groups is 2. The van der Waals surface area contributed by atoms with Gasteiger partial charge < -0.3 is 5.11 Å². The van der Waals surface area contributed by atoms with Crippen LogP contribution < -0.4 is 0 Å². The highest BCUT2D eigenvalue weighted by molar-refractivity contribution is 5.66. The predicted molar refractivity (Wildman–Crippen MR) is 70.0 cm³/mol. The molecule has 0 bridgehead atoms. The van der Waals surface area contributed by atoms with E-state index in [1.165, 1.54) is 0 Å². The van der Waals surface area contributed by atoms with Crippen LogP contribution in [0.5, 0.6) is 0 Å². The van der Waals surface area contributed by atoms with Crippen LogP contribution in [-0.2, 0) is 16.2 Å². The van der Waals surface area contributed by atoms with Crippen LogP contribution >= 0.6 is 0 Å². The number of hydrogen-bond acceptors (Lipinski definition) is 3. The van der Waals surface area contributed by atoms with E-state index in [4.69, 9.17) is 9.94 Å². The maximum Gasteiger partial charge on any atom is 0.304 e. The molecule has 0 saturated carbocycles. The largest absolute Gasteiger partial charge is 0.481 e. The van der Waals surface area contributed by atoms with Gasteiger partial charge in [0.05, 0.1) is 13.0 Å². The van der Waals surface area contributed by atoms with E-state index in [-0.39, 0.29) is 6.42 Å². The van der Waals surface area contributed by atoms with E-state index in [0.29, 0.717) is 19.7 Å². The lowest BCUT2D eigenvalue weighted by molar-refractivity contribution is -0.172. The van der Waals surface area contributed by atoms with Gasteiger partial charge in [-0.25, -0.2) is 0 Å². The number of aliphatic carboxylic acids is 1. The molecule has 4 nitrogen and oxygen atoms in total. The Morgan fingerprint density at radius 1 is 1.33 bits per heavy atom. The topological polar surface area (TPSA) is 49.8 Å². The van der Waals surface area contributed by atoms with E-state index in [0.717, 1.165) is 18.4 Å². The van der Waals surface area contributed by atoms with E-state index in [2.05, 4.69) is 6.92 Å². The van der Waals surface area contributed by atoms with Crippen LogP contribution in [0.25, 0.3) is 0 Å². The Labute approximate surface area is 108 Å². The first-order valence-corrected chi connectivity index (χ1v) is 6.36. The normalized spacial score (nSPS) is 10.8. The molecule has 0 unspecified atom stereocenters. The average Bonchev–Trinajstić information content (AvgIpc) is 2.37. The Hall–Kier alpha value is -1.39. The Morgan fingerprint density at radius 2 is 2.06 bits per heavy atom.